The maximum absolute atomic E-state index is 9.33. The van der Waals surface area contributed by atoms with Crippen molar-refractivity contribution in [2.75, 3.05) is 24.3 Å². The Morgan fingerprint density at radius 2 is 1.89 bits per heavy atom. The summed E-state index contributed by atoms with van der Waals surface area (Å²) in [4.78, 5) is 4.99. The lowest BCUT2D eigenvalue weighted by molar-refractivity contribution is -0.360. The zero-order valence-electron chi connectivity index (χ0n) is 10.7. The molecule has 1 heterocycles. The quantitative estimate of drug-likeness (QED) is 0.947. The topological polar surface area (TPSA) is 53.2 Å². The largest absolute Gasteiger partial charge is 0.376 e. The molecular weight excluding hydrogens is 304 g/mol. The second kappa shape index (κ2) is 5.72. The molecular formula is C14H14BrN4+. The average molecular weight is 318 g/mol. The first-order valence-corrected chi connectivity index (χ1v) is 6.56. The molecule has 0 aliphatic rings. The van der Waals surface area contributed by atoms with Gasteiger partial charge in [0.1, 0.15) is 11.8 Å². The first kappa shape index (κ1) is 13.4. The lowest BCUT2D eigenvalue weighted by Gasteiger charge is -2.13. The molecule has 0 spiro atoms. The van der Waals surface area contributed by atoms with Crippen LogP contribution in [0.3, 0.4) is 0 Å². The Morgan fingerprint density at radius 3 is 2.47 bits per heavy atom. The number of H-pyrrole nitrogens is 1. The van der Waals surface area contributed by atoms with E-state index in [4.69, 9.17) is 0 Å². The number of rotatable bonds is 3. The van der Waals surface area contributed by atoms with E-state index in [2.05, 4.69) is 32.3 Å². The van der Waals surface area contributed by atoms with Crippen molar-refractivity contribution in [3.8, 4) is 6.07 Å². The van der Waals surface area contributed by atoms with Crippen LogP contribution in [0.2, 0.25) is 0 Å². The van der Waals surface area contributed by atoms with Crippen molar-refractivity contribution in [3.05, 3.63) is 46.6 Å². The van der Waals surface area contributed by atoms with Crippen LogP contribution in [-0.4, -0.2) is 14.1 Å². The minimum absolute atomic E-state index is 0.593. The first-order chi connectivity index (χ1) is 9.11. The standard InChI is InChI=1S/C14H13BrN4/c1-19(2)13-7-8-17-14(12(13)9-16)18-11-5-3-10(15)4-6-11/h3-8H,1-2H3,(H,17,18)/p+1. The van der Waals surface area contributed by atoms with Crippen LogP contribution >= 0.6 is 15.9 Å². The maximum atomic E-state index is 9.33. The number of aromatic amines is 1. The van der Waals surface area contributed by atoms with Gasteiger partial charge in [0.25, 0.3) is 5.82 Å². The number of hydrogen-bond donors (Lipinski definition) is 1. The molecule has 5 heteroatoms. The SMILES string of the molecule is CN(C)c1cc[nH+]c(Nc2ccc(Br)cc2)c1C#N. The van der Waals surface area contributed by atoms with Crippen molar-refractivity contribution >= 4 is 33.1 Å². The number of hydrogen-bond acceptors (Lipinski definition) is 3. The normalized spacial score (nSPS) is 9.79. The van der Waals surface area contributed by atoms with Crippen LogP contribution < -0.4 is 15.2 Å². The first-order valence-electron chi connectivity index (χ1n) is 5.76. The fraction of sp³-hybridized carbons (Fsp3) is 0.143. The molecule has 2 N–H and O–H groups in total. The summed E-state index contributed by atoms with van der Waals surface area (Å²) in [7, 11) is 3.83. The van der Waals surface area contributed by atoms with Gasteiger partial charge in [-0.05, 0) is 24.3 Å². The predicted molar refractivity (Wildman–Crippen MR) is 79.5 cm³/mol. The average Bonchev–Trinajstić information content (AvgIpc) is 2.41. The van der Waals surface area contributed by atoms with Gasteiger partial charge in [0.15, 0.2) is 5.56 Å². The lowest BCUT2D eigenvalue weighted by atomic mass is 10.2. The number of benzene rings is 1. The molecule has 0 amide bonds. The number of anilines is 3. The van der Waals surface area contributed by atoms with Gasteiger partial charge < -0.3 is 4.90 Å². The number of halogens is 1. The van der Waals surface area contributed by atoms with Crippen molar-refractivity contribution < 1.29 is 4.98 Å². The summed E-state index contributed by atoms with van der Waals surface area (Å²) in [5.41, 5.74) is 2.39. The molecule has 0 saturated carbocycles. The molecule has 19 heavy (non-hydrogen) atoms. The van der Waals surface area contributed by atoms with Crippen LogP contribution in [0, 0.1) is 11.3 Å². The predicted octanol–water partition coefficient (Wildman–Crippen LogP) is 2.94. The minimum atomic E-state index is 0.593. The van der Waals surface area contributed by atoms with Crippen LogP contribution in [0.4, 0.5) is 17.2 Å². The molecule has 1 aromatic heterocycles. The molecule has 0 aliphatic carbocycles. The second-order valence-electron chi connectivity index (χ2n) is 4.25. The molecule has 0 atom stereocenters. The number of aromatic nitrogens is 1. The molecule has 2 rings (SSSR count). The summed E-state index contributed by atoms with van der Waals surface area (Å²) < 4.78 is 1.02. The molecule has 4 nitrogen and oxygen atoms in total. The molecule has 2 aromatic rings. The number of nitrogens with one attached hydrogen (secondary N) is 2. The van der Waals surface area contributed by atoms with E-state index < -0.39 is 0 Å². The van der Waals surface area contributed by atoms with Gasteiger partial charge in [-0.15, -0.1) is 0 Å². The second-order valence-corrected chi connectivity index (χ2v) is 5.17. The van der Waals surface area contributed by atoms with Crippen LogP contribution in [0.1, 0.15) is 5.56 Å². The molecule has 96 valence electrons. The van der Waals surface area contributed by atoms with Crippen LogP contribution in [0.5, 0.6) is 0 Å². The summed E-state index contributed by atoms with van der Waals surface area (Å²) in [6, 6.07) is 11.9. The van der Waals surface area contributed by atoms with E-state index in [0.29, 0.717) is 11.4 Å². The molecule has 0 bridgehead atoms. The summed E-state index contributed by atoms with van der Waals surface area (Å²) in [6.45, 7) is 0. The van der Waals surface area contributed by atoms with E-state index in [-0.39, 0.29) is 0 Å². The molecule has 0 aliphatic heterocycles. The third-order valence-electron chi connectivity index (χ3n) is 2.68. The smallest absolute Gasteiger partial charge is 0.297 e. The molecule has 1 aromatic carbocycles. The Bertz CT molecular complexity index is 614. The van der Waals surface area contributed by atoms with Crippen molar-refractivity contribution in [1.29, 1.82) is 5.26 Å². The van der Waals surface area contributed by atoms with Crippen molar-refractivity contribution in [2.45, 2.75) is 0 Å². The van der Waals surface area contributed by atoms with E-state index in [0.717, 1.165) is 15.8 Å². The van der Waals surface area contributed by atoms with Gasteiger partial charge in [-0.1, -0.05) is 15.9 Å². The Kier molecular flexibility index (Phi) is 4.03. The summed E-state index contributed by atoms with van der Waals surface area (Å²) >= 11 is 3.40. The number of pyridine rings is 1. The van der Waals surface area contributed by atoms with Gasteiger partial charge in [-0.2, -0.15) is 5.26 Å². The lowest BCUT2D eigenvalue weighted by Crippen LogP contribution is -2.17. The molecule has 0 fully saturated rings. The number of nitrogens with zero attached hydrogens (tertiary/aromatic N) is 2. The Balaban J connectivity index is 2.38. The molecule has 0 saturated heterocycles. The fourth-order valence-electron chi connectivity index (χ4n) is 1.75. The van der Waals surface area contributed by atoms with Gasteiger partial charge >= 0.3 is 0 Å². The highest BCUT2D eigenvalue weighted by Crippen LogP contribution is 2.24. The van der Waals surface area contributed by atoms with Gasteiger partial charge in [0, 0.05) is 24.6 Å². The number of nitriles is 1. The van der Waals surface area contributed by atoms with E-state index >= 15 is 0 Å². The summed E-state index contributed by atoms with van der Waals surface area (Å²) in [6.07, 6.45) is 1.82. The van der Waals surface area contributed by atoms with Crippen LogP contribution in [-0.2, 0) is 0 Å². The highest BCUT2D eigenvalue weighted by molar-refractivity contribution is 9.10. The van der Waals surface area contributed by atoms with Crippen LogP contribution in [0.25, 0.3) is 0 Å². The monoisotopic (exact) mass is 317 g/mol. The van der Waals surface area contributed by atoms with Crippen LogP contribution in [0.15, 0.2) is 41.0 Å². The van der Waals surface area contributed by atoms with E-state index in [1.54, 1.807) is 0 Å². The van der Waals surface area contributed by atoms with Crippen molar-refractivity contribution in [3.63, 3.8) is 0 Å². The van der Waals surface area contributed by atoms with Gasteiger partial charge in [-0.3, -0.25) is 0 Å². The van der Waals surface area contributed by atoms with E-state index in [1.807, 2.05) is 55.5 Å². The fourth-order valence-corrected chi connectivity index (χ4v) is 2.01. The van der Waals surface area contributed by atoms with E-state index in [9.17, 15) is 5.26 Å². The zero-order valence-corrected chi connectivity index (χ0v) is 12.3. The van der Waals surface area contributed by atoms with E-state index in [1.165, 1.54) is 0 Å². The van der Waals surface area contributed by atoms with Crippen molar-refractivity contribution in [2.24, 2.45) is 0 Å². The van der Waals surface area contributed by atoms with Gasteiger partial charge in [0.2, 0.25) is 0 Å². The van der Waals surface area contributed by atoms with Crippen molar-refractivity contribution in [1.82, 2.24) is 0 Å². The summed E-state index contributed by atoms with van der Waals surface area (Å²) in [5.74, 6) is 0.691. The van der Waals surface area contributed by atoms with Gasteiger partial charge in [-0.25, -0.2) is 10.3 Å². The highest BCUT2D eigenvalue weighted by atomic mass is 79.9. The Hall–Kier alpha value is -2.06. The van der Waals surface area contributed by atoms with Gasteiger partial charge in [0.05, 0.1) is 11.9 Å². The molecule has 0 radical (unpaired) electrons. The Morgan fingerprint density at radius 1 is 1.21 bits per heavy atom. The third kappa shape index (κ3) is 3.04. The maximum Gasteiger partial charge on any atom is 0.297 e. The highest BCUT2D eigenvalue weighted by Gasteiger charge is 2.16. The summed E-state index contributed by atoms with van der Waals surface area (Å²) in [5, 5.41) is 12.5. The molecule has 0 unspecified atom stereocenters. The third-order valence-corrected chi connectivity index (χ3v) is 3.21. The minimum Gasteiger partial charge on any atom is -0.376 e. The zero-order chi connectivity index (χ0) is 13.8. The Labute approximate surface area is 120 Å².